The van der Waals surface area contributed by atoms with Crippen LogP contribution < -0.4 is 0 Å². The van der Waals surface area contributed by atoms with E-state index in [1.165, 1.54) is 25.6 Å². The highest BCUT2D eigenvalue weighted by atomic mass is 32.1. The molecule has 6 heteroatoms. The minimum Gasteiger partial charge on any atom is -0.467 e. The van der Waals surface area contributed by atoms with Gasteiger partial charge in [0.05, 0.1) is 14.2 Å². The summed E-state index contributed by atoms with van der Waals surface area (Å²) in [6.45, 7) is 0. The fraction of sp³-hybridized carbons (Fsp3) is 0.400. The number of ether oxygens (including phenoxy) is 2. The van der Waals surface area contributed by atoms with Crippen LogP contribution in [0.1, 0.15) is 14.5 Å². The summed E-state index contributed by atoms with van der Waals surface area (Å²) in [4.78, 5) is 23.3. The van der Waals surface area contributed by atoms with Crippen LogP contribution in [0.5, 0.6) is 0 Å². The predicted octanol–water partition coefficient (Wildman–Crippen LogP) is 0.611. The van der Waals surface area contributed by atoms with Crippen molar-refractivity contribution in [3.05, 3.63) is 21.9 Å². The molecule has 5 nitrogen and oxygen atoms in total. The highest BCUT2D eigenvalue weighted by Gasteiger charge is 2.18. The Kier molecular flexibility index (Phi) is 4.45. The van der Waals surface area contributed by atoms with Crippen LogP contribution in [0.2, 0.25) is 0 Å². The first-order valence-corrected chi connectivity index (χ1v) is 5.33. The molecule has 1 N–H and O–H groups in total. The van der Waals surface area contributed by atoms with Crippen molar-refractivity contribution in [2.24, 2.45) is 0 Å². The van der Waals surface area contributed by atoms with Gasteiger partial charge in [-0.05, 0) is 12.1 Å². The number of aliphatic hydroxyl groups excluding tert-OH is 1. The number of rotatable bonds is 4. The van der Waals surface area contributed by atoms with Crippen molar-refractivity contribution >= 4 is 23.3 Å². The summed E-state index contributed by atoms with van der Waals surface area (Å²) in [7, 11) is 2.50. The van der Waals surface area contributed by atoms with Gasteiger partial charge in [0.2, 0.25) is 0 Å². The lowest BCUT2D eigenvalue weighted by Gasteiger charge is -2.05. The first-order chi connectivity index (χ1) is 7.58. The second-order valence-electron chi connectivity index (χ2n) is 3.00. The topological polar surface area (TPSA) is 72.8 Å². The molecule has 16 heavy (non-hydrogen) atoms. The molecule has 0 aliphatic heterocycles. The zero-order valence-corrected chi connectivity index (χ0v) is 9.74. The van der Waals surface area contributed by atoms with E-state index in [1.54, 1.807) is 12.1 Å². The van der Waals surface area contributed by atoms with Crippen LogP contribution in [-0.4, -0.2) is 37.4 Å². The second-order valence-corrected chi connectivity index (χ2v) is 4.17. The summed E-state index contributed by atoms with van der Waals surface area (Å²) >= 11 is 1.18. The Hall–Kier alpha value is -1.40. The van der Waals surface area contributed by atoms with E-state index >= 15 is 0 Å². The Labute approximate surface area is 96.6 Å². The zero-order valence-electron chi connectivity index (χ0n) is 8.93. The Morgan fingerprint density at radius 3 is 2.62 bits per heavy atom. The molecule has 0 aromatic carbocycles. The summed E-state index contributed by atoms with van der Waals surface area (Å²) in [6.07, 6.45) is -1.07. The van der Waals surface area contributed by atoms with E-state index in [4.69, 9.17) is 0 Å². The van der Waals surface area contributed by atoms with Crippen molar-refractivity contribution < 1.29 is 24.2 Å². The lowest BCUT2D eigenvalue weighted by Crippen LogP contribution is -2.23. The van der Waals surface area contributed by atoms with E-state index in [2.05, 4.69) is 9.47 Å². The number of carbonyl (C=O) groups excluding carboxylic acids is 2. The van der Waals surface area contributed by atoms with Gasteiger partial charge < -0.3 is 14.6 Å². The van der Waals surface area contributed by atoms with Gasteiger partial charge >= 0.3 is 11.9 Å². The van der Waals surface area contributed by atoms with Gasteiger partial charge in [0, 0.05) is 11.3 Å². The molecule has 0 fully saturated rings. The maximum absolute atomic E-state index is 11.1. The number of esters is 2. The molecule has 1 aromatic heterocycles. The molecular formula is C10H12O5S. The summed E-state index contributed by atoms with van der Waals surface area (Å²) in [5.74, 6) is -1.11. The highest BCUT2D eigenvalue weighted by Crippen LogP contribution is 2.19. The van der Waals surface area contributed by atoms with Gasteiger partial charge in [0.1, 0.15) is 4.88 Å². The molecule has 1 unspecified atom stereocenters. The average Bonchev–Trinajstić information content (AvgIpc) is 2.75. The van der Waals surface area contributed by atoms with E-state index in [9.17, 15) is 14.7 Å². The number of thiophene rings is 1. The van der Waals surface area contributed by atoms with Crippen LogP contribution in [0.15, 0.2) is 12.1 Å². The highest BCUT2D eigenvalue weighted by molar-refractivity contribution is 7.13. The van der Waals surface area contributed by atoms with Crippen molar-refractivity contribution in [2.75, 3.05) is 14.2 Å². The number of hydrogen-bond acceptors (Lipinski definition) is 6. The lowest BCUT2D eigenvalue weighted by atomic mass is 10.2. The quantitative estimate of drug-likeness (QED) is 0.786. The van der Waals surface area contributed by atoms with E-state index in [1.807, 2.05) is 0 Å². The molecule has 0 radical (unpaired) electrons. The van der Waals surface area contributed by atoms with Crippen molar-refractivity contribution in [1.29, 1.82) is 0 Å². The summed E-state index contributed by atoms with van der Waals surface area (Å²) in [5, 5.41) is 9.39. The van der Waals surface area contributed by atoms with Crippen molar-refractivity contribution in [3.8, 4) is 0 Å². The van der Waals surface area contributed by atoms with Gasteiger partial charge in [-0.2, -0.15) is 0 Å². The van der Waals surface area contributed by atoms with E-state index in [0.29, 0.717) is 4.88 Å². The fourth-order valence-electron chi connectivity index (χ4n) is 1.11. The number of aliphatic hydroxyl groups is 1. The van der Waals surface area contributed by atoms with Gasteiger partial charge in [-0.3, -0.25) is 0 Å². The molecule has 0 amide bonds. The normalized spacial score (nSPS) is 11.9. The molecular weight excluding hydrogens is 232 g/mol. The molecule has 0 aliphatic carbocycles. The van der Waals surface area contributed by atoms with Crippen LogP contribution in [0.3, 0.4) is 0 Å². The molecule has 0 bridgehead atoms. The molecule has 0 saturated heterocycles. The molecule has 0 spiro atoms. The maximum Gasteiger partial charge on any atom is 0.348 e. The molecule has 1 heterocycles. The average molecular weight is 244 g/mol. The smallest absolute Gasteiger partial charge is 0.348 e. The fourth-order valence-corrected chi connectivity index (χ4v) is 2.07. The Balaban J connectivity index is 2.65. The third-order valence-corrected chi connectivity index (χ3v) is 3.00. The van der Waals surface area contributed by atoms with Crippen molar-refractivity contribution in [3.63, 3.8) is 0 Å². The minimum atomic E-state index is -1.20. The largest absolute Gasteiger partial charge is 0.467 e. The molecule has 0 saturated carbocycles. The van der Waals surface area contributed by atoms with Gasteiger partial charge in [0.15, 0.2) is 6.10 Å². The number of methoxy groups -OCH3 is 2. The third-order valence-electron chi connectivity index (χ3n) is 1.92. The van der Waals surface area contributed by atoms with Crippen LogP contribution >= 0.6 is 11.3 Å². The van der Waals surface area contributed by atoms with Crippen LogP contribution in [-0.2, 0) is 20.7 Å². The molecule has 0 aliphatic rings. The summed E-state index contributed by atoms with van der Waals surface area (Å²) in [6, 6.07) is 3.26. The van der Waals surface area contributed by atoms with Gasteiger partial charge in [-0.25, -0.2) is 9.59 Å². The van der Waals surface area contributed by atoms with Crippen molar-refractivity contribution in [2.45, 2.75) is 12.5 Å². The SMILES string of the molecule is COC(=O)c1ccc(CC(O)C(=O)OC)s1. The summed E-state index contributed by atoms with van der Waals surface area (Å²) < 4.78 is 8.92. The Morgan fingerprint density at radius 1 is 1.38 bits per heavy atom. The van der Waals surface area contributed by atoms with Gasteiger partial charge in [0.25, 0.3) is 0 Å². The predicted molar refractivity (Wildman–Crippen MR) is 57.4 cm³/mol. The van der Waals surface area contributed by atoms with Gasteiger partial charge in [-0.1, -0.05) is 0 Å². The zero-order chi connectivity index (χ0) is 12.1. The Bertz CT molecular complexity index is 384. The first kappa shape index (κ1) is 12.7. The molecule has 1 rings (SSSR count). The first-order valence-electron chi connectivity index (χ1n) is 4.51. The Morgan fingerprint density at radius 2 is 2.06 bits per heavy atom. The molecule has 88 valence electrons. The minimum absolute atomic E-state index is 0.133. The van der Waals surface area contributed by atoms with Gasteiger partial charge in [-0.15, -0.1) is 11.3 Å². The number of hydrogen-bond donors (Lipinski definition) is 1. The van der Waals surface area contributed by atoms with E-state index < -0.39 is 18.0 Å². The van der Waals surface area contributed by atoms with E-state index in [0.717, 1.165) is 4.88 Å². The monoisotopic (exact) mass is 244 g/mol. The standard InChI is InChI=1S/C10H12O5S/c1-14-9(12)7(11)5-6-3-4-8(16-6)10(13)15-2/h3-4,7,11H,5H2,1-2H3. The van der Waals surface area contributed by atoms with E-state index in [-0.39, 0.29) is 6.42 Å². The molecule has 1 aromatic rings. The van der Waals surface area contributed by atoms with Crippen molar-refractivity contribution in [1.82, 2.24) is 0 Å². The van der Waals surface area contributed by atoms with Crippen LogP contribution in [0, 0.1) is 0 Å². The maximum atomic E-state index is 11.1. The summed E-state index contributed by atoms with van der Waals surface area (Å²) in [5.41, 5.74) is 0. The van der Waals surface area contributed by atoms with Crippen LogP contribution in [0.4, 0.5) is 0 Å². The number of carbonyl (C=O) groups is 2. The van der Waals surface area contributed by atoms with Crippen LogP contribution in [0.25, 0.3) is 0 Å². The molecule has 1 atom stereocenters. The lowest BCUT2D eigenvalue weighted by molar-refractivity contribution is -0.150. The third kappa shape index (κ3) is 3.04. The second kappa shape index (κ2) is 5.62.